The number of ether oxygens (including phenoxy) is 2. The van der Waals surface area contributed by atoms with E-state index in [0.717, 1.165) is 17.7 Å². The van der Waals surface area contributed by atoms with E-state index in [-0.39, 0.29) is 42.1 Å². The second-order valence-electron chi connectivity index (χ2n) is 8.33. The lowest BCUT2D eigenvalue weighted by Gasteiger charge is -2.18. The van der Waals surface area contributed by atoms with Crippen LogP contribution in [0.25, 0.3) is 5.69 Å². The standard InChI is InChI=1S/C26H26Cl2N2O5S/c1-2-4-17-15-18(6-8-20(17)29-13-3-5-22(25(29)32)34-14-12-27)30-16-19(35-26(30)33)7-9-21(31)23-10-11-24(28)36-23/h3,5-6,8,10-11,13,15,19H,2,4,7,9,12,14,16H2,1H3/t19-/m0/s1. The molecule has 1 aromatic carbocycles. The summed E-state index contributed by atoms with van der Waals surface area (Å²) in [6.45, 7) is 2.65. The normalized spacial score (nSPS) is 15.2. The molecule has 0 unspecified atom stereocenters. The van der Waals surface area contributed by atoms with Crippen molar-refractivity contribution in [2.75, 3.05) is 23.9 Å². The van der Waals surface area contributed by atoms with Gasteiger partial charge >= 0.3 is 6.09 Å². The summed E-state index contributed by atoms with van der Waals surface area (Å²) < 4.78 is 13.1. The maximum absolute atomic E-state index is 13.0. The SMILES string of the molecule is CCCc1cc(N2C[C@H](CCC(=O)c3ccc(Cl)s3)OC2=O)ccc1-n1cccc(OCCCl)c1=O. The van der Waals surface area contributed by atoms with Crippen molar-refractivity contribution in [1.29, 1.82) is 0 Å². The van der Waals surface area contributed by atoms with Gasteiger partial charge in [0.1, 0.15) is 12.7 Å². The van der Waals surface area contributed by atoms with Gasteiger partial charge in [0, 0.05) is 18.3 Å². The summed E-state index contributed by atoms with van der Waals surface area (Å²) in [5.74, 6) is 0.502. The highest BCUT2D eigenvalue weighted by molar-refractivity contribution is 7.18. The molecule has 1 aliphatic rings. The number of carbonyl (C=O) groups excluding carboxylic acids is 2. The van der Waals surface area contributed by atoms with Gasteiger partial charge in [-0.3, -0.25) is 19.1 Å². The number of alkyl halides is 1. The Balaban J connectivity index is 1.51. The number of aromatic nitrogens is 1. The molecule has 4 rings (SSSR count). The molecule has 0 radical (unpaired) electrons. The van der Waals surface area contributed by atoms with Gasteiger partial charge in [-0.2, -0.15) is 0 Å². The van der Waals surface area contributed by atoms with Crippen LogP contribution in [-0.2, 0) is 11.2 Å². The van der Waals surface area contributed by atoms with Gasteiger partial charge in [-0.25, -0.2) is 4.79 Å². The Kier molecular flexibility index (Phi) is 8.72. The summed E-state index contributed by atoms with van der Waals surface area (Å²) in [4.78, 5) is 40.2. The van der Waals surface area contributed by atoms with Crippen molar-refractivity contribution in [1.82, 2.24) is 4.57 Å². The maximum atomic E-state index is 13.0. The Morgan fingerprint density at radius 3 is 2.78 bits per heavy atom. The molecule has 0 spiro atoms. The second-order valence-corrected chi connectivity index (χ2v) is 10.4. The third-order valence-corrected chi connectivity index (χ3v) is 7.24. The van der Waals surface area contributed by atoms with Gasteiger partial charge in [0.15, 0.2) is 11.5 Å². The van der Waals surface area contributed by atoms with E-state index in [1.165, 1.54) is 11.3 Å². The average molecular weight is 549 g/mol. The molecule has 10 heteroatoms. The zero-order valence-electron chi connectivity index (χ0n) is 19.7. The number of benzene rings is 1. The Hall–Kier alpha value is -2.81. The van der Waals surface area contributed by atoms with Crippen LogP contribution in [0.2, 0.25) is 4.34 Å². The number of anilines is 1. The molecular formula is C26H26Cl2N2O5S. The average Bonchev–Trinajstić information content (AvgIpc) is 3.47. The van der Waals surface area contributed by atoms with E-state index >= 15 is 0 Å². The van der Waals surface area contributed by atoms with Crippen LogP contribution in [0.1, 0.15) is 41.4 Å². The van der Waals surface area contributed by atoms with Crippen LogP contribution in [0.5, 0.6) is 5.75 Å². The monoisotopic (exact) mass is 548 g/mol. The van der Waals surface area contributed by atoms with E-state index in [9.17, 15) is 14.4 Å². The van der Waals surface area contributed by atoms with Crippen LogP contribution in [0.15, 0.2) is 53.5 Å². The number of ketones is 1. The lowest BCUT2D eigenvalue weighted by atomic mass is 10.1. The van der Waals surface area contributed by atoms with Gasteiger partial charge in [0.25, 0.3) is 5.56 Å². The van der Waals surface area contributed by atoms with Crippen molar-refractivity contribution in [2.24, 2.45) is 0 Å². The number of nitrogens with zero attached hydrogens (tertiary/aromatic N) is 2. The van der Waals surface area contributed by atoms with Crippen LogP contribution in [0.3, 0.4) is 0 Å². The van der Waals surface area contributed by atoms with Crippen LogP contribution < -0.4 is 15.2 Å². The highest BCUT2D eigenvalue weighted by atomic mass is 35.5. The van der Waals surface area contributed by atoms with E-state index < -0.39 is 6.09 Å². The molecule has 0 bridgehead atoms. The molecule has 0 aliphatic carbocycles. The van der Waals surface area contributed by atoms with E-state index in [4.69, 9.17) is 32.7 Å². The molecule has 36 heavy (non-hydrogen) atoms. The fourth-order valence-electron chi connectivity index (χ4n) is 4.13. The van der Waals surface area contributed by atoms with E-state index in [0.29, 0.717) is 34.3 Å². The molecule has 3 aromatic rings. The first-order valence-corrected chi connectivity index (χ1v) is 13.4. The van der Waals surface area contributed by atoms with Gasteiger partial charge in [-0.15, -0.1) is 22.9 Å². The Bertz CT molecular complexity index is 1310. The number of carbonyl (C=O) groups is 2. The highest BCUT2D eigenvalue weighted by Crippen LogP contribution is 2.29. The first-order chi connectivity index (χ1) is 17.4. The van der Waals surface area contributed by atoms with Crippen molar-refractivity contribution in [2.45, 2.75) is 38.7 Å². The number of hydrogen-bond donors (Lipinski definition) is 0. The molecular weight excluding hydrogens is 523 g/mol. The van der Waals surface area contributed by atoms with Crippen molar-refractivity contribution >= 4 is 52.1 Å². The van der Waals surface area contributed by atoms with Crippen LogP contribution in [0, 0.1) is 0 Å². The predicted molar refractivity (Wildman–Crippen MR) is 143 cm³/mol. The first-order valence-electron chi connectivity index (χ1n) is 11.7. The van der Waals surface area contributed by atoms with Gasteiger partial charge in [0.05, 0.1) is 27.3 Å². The number of thiophene rings is 1. The van der Waals surface area contributed by atoms with Gasteiger partial charge in [-0.1, -0.05) is 24.9 Å². The number of rotatable bonds is 11. The minimum absolute atomic E-state index is 0.0151. The Morgan fingerprint density at radius 2 is 2.06 bits per heavy atom. The fraction of sp³-hybridized carbons (Fsp3) is 0.346. The summed E-state index contributed by atoms with van der Waals surface area (Å²) in [5, 5.41) is 0. The van der Waals surface area contributed by atoms with Crippen molar-refractivity contribution in [3.8, 4) is 11.4 Å². The van der Waals surface area contributed by atoms with E-state index in [2.05, 4.69) is 6.92 Å². The summed E-state index contributed by atoms with van der Waals surface area (Å²) in [6.07, 6.45) is 3.14. The predicted octanol–water partition coefficient (Wildman–Crippen LogP) is 6.11. The zero-order chi connectivity index (χ0) is 25.7. The molecule has 1 atom stereocenters. The molecule has 1 aliphatic heterocycles. The number of amides is 1. The molecule has 2 aromatic heterocycles. The summed E-state index contributed by atoms with van der Waals surface area (Å²) >= 11 is 12.9. The van der Waals surface area contributed by atoms with Crippen LogP contribution in [-0.4, -0.2) is 41.6 Å². The quantitative estimate of drug-likeness (QED) is 0.213. The fourth-order valence-corrected chi connectivity index (χ4v) is 5.22. The lowest BCUT2D eigenvalue weighted by molar-refractivity contribution is 0.0943. The largest absolute Gasteiger partial charge is 0.487 e. The van der Waals surface area contributed by atoms with Gasteiger partial charge < -0.3 is 9.47 Å². The van der Waals surface area contributed by atoms with Crippen molar-refractivity contribution in [3.63, 3.8) is 0 Å². The van der Waals surface area contributed by atoms with E-state index in [1.54, 1.807) is 46.0 Å². The zero-order valence-corrected chi connectivity index (χ0v) is 22.1. The minimum atomic E-state index is -0.449. The maximum Gasteiger partial charge on any atom is 0.414 e. The van der Waals surface area contributed by atoms with Crippen molar-refractivity contribution < 1.29 is 19.1 Å². The third-order valence-electron chi connectivity index (χ3n) is 5.82. The van der Waals surface area contributed by atoms with Crippen LogP contribution >= 0.6 is 34.5 Å². The second kappa shape index (κ2) is 12.0. The number of cyclic esters (lactones) is 1. The topological polar surface area (TPSA) is 77.8 Å². The minimum Gasteiger partial charge on any atom is -0.487 e. The molecule has 0 saturated carbocycles. The number of halogens is 2. The molecule has 0 N–H and O–H groups in total. The highest BCUT2D eigenvalue weighted by Gasteiger charge is 2.33. The molecule has 1 saturated heterocycles. The third kappa shape index (κ3) is 5.94. The molecule has 190 valence electrons. The first kappa shape index (κ1) is 26.3. The van der Waals surface area contributed by atoms with Crippen LogP contribution in [0.4, 0.5) is 10.5 Å². The lowest BCUT2D eigenvalue weighted by Crippen LogP contribution is -2.25. The number of aryl methyl sites for hydroxylation is 1. The molecule has 3 heterocycles. The van der Waals surface area contributed by atoms with Gasteiger partial charge in [-0.05, 0) is 60.9 Å². The molecule has 1 amide bonds. The number of hydrogen-bond acceptors (Lipinski definition) is 6. The smallest absolute Gasteiger partial charge is 0.414 e. The number of Topliss-reactive ketones (excluding diaryl/α,β-unsaturated/α-hetero) is 1. The Morgan fingerprint density at radius 1 is 1.22 bits per heavy atom. The van der Waals surface area contributed by atoms with Crippen molar-refractivity contribution in [3.05, 3.63) is 73.8 Å². The summed E-state index contributed by atoms with van der Waals surface area (Å²) in [7, 11) is 0. The van der Waals surface area contributed by atoms with Gasteiger partial charge in [0.2, 0.25) is 0 Å². The molecule has 1 fully saturated rings. The Labute approximate surface area is 223 Å². The number of pyridine rings is 1. The van der Waals surface area contributed by atoms with E-state index in [1.807, 2.05) is 12.1 Å². The molecule has 7 nitrogen and oxygen atoms in total. The summed E-state index contributed by atoms with van der Waals surface area (Å²) in [6, 6.07) is 12.3. The summed E-state index contributed by atoms with van der Waals surface area (Å²) in [5.41, 5.74) is 2.07.